The van der Waals surface area contributed by atoms with Crippen LogP contribution in [0.5, 0.6) is 0 Å². The van der Waals surface area contributed by atoms with Gasteiger partial charge in [-0.2, -0.15) is 0 Å². The Kier molecular flexibility index (Phi) is 19.4. The van der Waals surface area contributed by atoms with Crippen molar-refractivity contribution in [3.05, 3.63) is 25.3 Å². The molecule has 0 saturated carbocycles. The molecule has 0 N–H and O–H groups in total. The maximum atomic E-state index is 3.89. The van der Waals surface area contributed by atoms with Crippen LogP contribution in [-0.2, 0) is 0 Å². The maximum Gasteiger partial charge on any atom is 0.0971 e. The van der Waals surface area contributed by atoms with E-state index in [4.69, 9.17) is 0 Å². The van der Waals surface area contributed by atoms with Crippen LogP contribution in [-0.4, -0.2) is 62.8 Å². The molecule has 0 aliphatic rings. The van der Waals surface area contributed by atoms with Crippen LogP contribution in [0.2, 0.25) is 0 Å². The fraction of sp³-hybridized carbons (Fsp3) is 0.789. The summed E-state index contributed by atoms with van der Waals surface area (Å²) < 4.78 is 2.25. The molecule has 0 rings (SSSR count). The second-order valence-corrected chi connectivity index (χ2v) is 7.44. The Labute approximate surface area is 167 Å². The highest BCUT2D eigenvalue weighted by Gasteiger charge is 2.17. The molecule has 0 aromatic rings. The minimum Gasteiger partial charge on any atom is -1.00 e. The summed E-state index contributed by atoms with van der Waals surface area (Å²) in [6.07, 6.45) is 12.2. The lowest BCUT2D eigenvalue weighted by Gasteiger charge is -2.32. The highest BCUT2D eigenvalue weighted by atomic mass is 79.9. The average molecular weight is 456 g/mol. The van der Waals surface area contributed by atoms with Crippen molar-refractivity contribution in [1.82, 2.24) is 0 Å². The van der Waals surface area contributed by atoms with E-state index in [2.05, 4.69) is 41.2 Å². The number of nitrogens with zero attached hydrogens (tertiary/aromatic N) is 2. The van der Waals surface area contributed by atoms with Gasteiger partial charge in [-0.1, -0.05) is 26.5 Å². The van der Waals surface area contributed by atoms with Crippen LogP contribution in [0.4, 0.5) is 0 Å². The number of quaternary nitrogens is 2. The van der Waals surface area contributed by atoms with Crippen molar-refractivity contribution in [3.8, 4) is 0 Å². The van der Waals surface area contributed by atoms with Gasteiger partial charge in [-0.05, 0) is 44.3 Å². The number of rotatable bonds is 14. The highest BCUT2D eigenvalue weighted by Crippen LogP contribution is 2.11. The van der Waals surface area contributed by atoms with Gasteiger partial charge in [0.25, 0.3) is 0 Å². The summed E-state index contributed by atoms with van der Waals surface area (Å²) in [7, 11) is 7.06. The first-order valence-corrected chi connectivity index (χ1v) is 8.76. The molecular formula is C19H40Br2N2. The summed E-state index contributed by atoms with van der Waals surface area (Å²) >= 11 is 0. The molecule has 0 saturated heterocycles. The number of unbranched alkanes of at least 4 members (excludes halogenated alkanes) is 4. The van der Waals surface area contributed by atoms with Crippen molar-refractivity contribution in [3.63, 3.8) is 0 Å². The van der Waals surface area contributed by atoms with Crippen molar-refractivity contribution in [1.29, 1.82) is 0 Å². The predicted octanol–water partition coefficient (Wildman–Crippen LogP) is -1.75. The first-order valence-electron chi connectivity index (χ1n) is 8.76. The van der Waals surface area contributed by atoms with Gasteiger partial charge < -0.3 is 42.9 Å². The van der Waals surface area contributed by atoms with Gasteiger partial charge in [-0.15, -0.1) is 0 Å². The third-order valence-corrected chi connectivity index (χ3v) is 4.47. The van der Waals surface area contributed by atoms with Gasteiger partial charge in [0.15, 0.2) is 0 Å². The molecule has 0 radical (unpaired) electrons. The van der Waals surface area contributed by atoms with Gasteiger partial charge in [0.05, 0.1) is 53.9 Å². The molecule has 0 fully saturated rings. The SMILES string of the molecule is C=CC[N+](C)(CC=C)CCCCCC[N+](C)(C)CCCC.[Br-].[Br-]. The quantitative estimate of drug-likeness (QED) is 0.165. The van der Waals surface area contributed by atoms with E-state index >= 15 is 0 Å². The molecule has 0 amide bonds. The van der Waals surface area contributed by atoms with Crippen molar-refractivity contribution < 1.29 is 42.9 Å². The summed E-state index contributed by atoms with van der Waals surface area (Å²) in [6, 6.07) is 0. The number of hydrogen-bond donors (Lipinski definition) is 0. The van der Waals surface area contributed by atoms with Crippen LogP contribution in [0.3, 0.4) is 0 Å². The Morgan fingerprint density at radius 1 is 0.696 bits per heavy atom. The molecule has 0 aromatic heterocycles. The predicted molar refractivity (Wildman–Crippen MR) is 96.4 cm³/mol. The molecule has 23 heavy (non-hydrogen) atoms. The number of halogens is 2. The molecule has 0 aliphatic heterocycles. The van der Waals surface area contributed by atoms with Gasteiger partial charge in [-0.25, -0.2) is 0 Å². The molecule has 0 bridgehead atoms. The minimum atomic E-state index is 0. The zero-order chi connectivity index (χ0) is 16.2. The van der Waals surface area contributed by atoms with Crippen molar-refractivity contribution in [2.45, 2.75) is 45.4 Å². The minimum absolute atomic E-state index is 0. The monoisotopic (exact) mass is 454 g/mol. The standard InChI is InChI=1S/C19H40N2.2BrH/c1-7-10-17-20(4,5)18-13-11-12-14-19-21(6,15-8-2)16-9-3;;/h8-9H,2-3,7,10-19H2,1,4-6H3;2*1H/q+2;;/p-2. The molecule has 0 heterocycles. The zero-order valence-corrected chi connectivity index (χ0v) is 19.2. The Morgan fingerprint density at radius 2 is 1.13 bits per heavy atom. The Hall–Kier alpha value is 0.360. The lowest BCUT2D eigenvalue weighted by molar-refractivity contribution is -0.898. The first kappa shape index (κ1) is 28.2. The van der Waals surface area contributed by atoms with Crippen LogP contribution in [0.25, 0.3) is 0 Å². The lowest BCUT2D eigenvalue weighted by Crippen LogP contribution is -3.00. The molecular weight excluding hydrogens is 416 g/mol. The topological polar surface area (TPSA) is 0 Å². The number of likely N-dealkylation sites (N-methyl/N-ethyl adjacent to an activating group) is 1. The maximum absolute atomic E-state index is 3.89. The smallest absolute Gasteiger partial charge is 0.0971 e. The largest absolute Gasteiger partial charge is 1.00 e. The van der Waals surface area contributed by atoms with Gasteiger partial charge in [0.2, 0.25) is 0 Å². The highest BCUT2D eigenvalue weighted by molar-refractivity contribution is 4.70. The first-order chi connectivity index (χ1) is 9.89. The summed E-state index contributed by atoms with van der Waals surface area (Å²) in [5.74, 6) is 0. The Morgan fingerprint density at radius 3 is 1.57 bits per heavy atom. The molecule has 2 nitrogen and oxygen atoms in total. The van der Waals surface area contributed by atoms with Crippen molar-refractivity contribution in [2.75, 3.05) is 53.9 Å². The van der Waals surface area contributed by atoms with Crippen LogP contribution in [0.15, 0.2) is 25.3 Å². The second kappa shape index (κ2) is 15.9. The van der Waals surface area contributed by atoms with E-state index in [-0.39, 0.29) is 34.0 Å². The molecule has 0 aliphatic carbocycles. The third-order valence-electron chi connectivity index (χ3n) is 4.47. The van der Waals surface area contributed by atoms with Gasteiger partial charge in [-0.3, -0.25) is 0 Å². The van der Waals surface area contributed by atoms with E-state index in [1.54, 1.807) is 0 Å². The summed E-state index contributed by atoms with van der Waals surface area (Å²) in [6.45, 7) is 16.0. The van der Waals surface area contributed by atoms with Gasteiger partial charge in [0, 0.05) is 0 Å². The summed E-state index contributed by atoms with van der Waals surface area (Å²) in [5.41, 5.74) is 0. The fourth-order valence-corrected chi connectivity index (χ4v) is 2.97. The summed E-state index contributed by atoms with van der Waals surface area (Å²) in [4.78, 5) is 0. The normalized spacial score (nSPS) is 11.3. The van der Waals surface area contributed by atoms with Crippen molar-refractivity contribution in [2.24, 2.45) is 0 Å². The van der Waals surface area contributed by atoms with Crippen LogP contribution in [0.1, 0.15) is 45.4 Å². The van der Waals surface area contributed by atoms with Crippen LogP contribution >= 0.6 is 0 Å². The molecule has 0 atom stereocenters. The summed E-state index contributed by atoms with van der Waals surface area (Å²) in [5, 5.41) is 0. The zero-order valence-electron chi connectivity index (χ0n) is 16.0. The van der Waals surface area contributed by atoms with Gasteiger partial charge in [0.1, 0.15) is 0 Å². The number of hydrogen-bond acceptors (Lipinski definition) is 0. The lowest BCUT2D eigenvalue weighted by atomic mass is 10.1. The molecule has 0 spiro atoms. The molecule has 140 valence electrons. The van der Waals surface area contributed by atoms with Crippen LogP contribution in [0, 0.1) is 0 Å². The second-order valence-electron chi connectivity index (χ2n) is 7.44. The molecule has 0 unspecified atom stereocenters. The average Bonchev–Trinajstić information content (AvgIpc) is 2.41. The molecule has 0 aromatic carbocycles. The van der Waals surface area contributed by atoms with E-state index in [0.717, 1.165) is 17.6 Å². The third kappa shape index (κ3) is 15.6. The Balaban J connectivity index is -0.00000200. The van der Waals surface area contributed by atoms with E-state index in [9.17, 15) is 0 Å². The van der Waals surface area contributed by atoms with Crippen molar-refractivity contribution >= 4 is 0 Å². The van der Waals surface area contributed by atoms with E-state index in [1.807, 2.05) is 12.2 Å². The van der Waals surface area contributed by atoms with E-state index in [1.165, 1.54) is 62.6 Å². The Bertz CT molecular complexity index is 281. The van der Waals surface area contributed by atoms with Crippen LogP contribution < -0.4 is 34.0 Å². The fourth-order valence-electron chi connectivity index (χ4n) is 2.97. The molecule has 4 heteroatoms. The van der Waals surface area contributed by atoms with E-state index < -0.39 is 0 Å². The van der Waals surface area contributed by atoms with Gasteiger partial charge >= 0.3 is 0 Å². The van der Waals surface area contributed by atoms with E-state index in [0.29, 0.717) is 0 Å².